The van der Waals surface area contributed by atoms with Gasteiger partial charge in [0.25, 0.3) is 5.91 Å². The molecule has 0 radical (unpaired) electrons. The van der Waals surface area contributed by atoms with E-state index in [2.05, 4.69) is 10.3 Å². The number of ether oxygens (including phenoxy) is 1. The lowest BCUT2D eigenvalue weighted by Gasteiger charge is -2.40. The number of rotatable bonds is 6. The molecule has 5 heterocycles. The molecule has 2 atom stereocenters. The summed E-state index contributed by atoms with van der Waals surface area (Å²) in [5, 5.41) is 7.00. The number of urea groups is 1. The third kappa shape index (κ3) is 4.15. The van der Waals surface area contributed by atoms with Crippen molar-refractivity contribution < 1.29 is 19.1 Å². The number of thiophene rings is 1. The minimum absolute atomic E-state index is 0.0977. The highest BCUT2D eigenvalue weighted by atomic mass is 32.1. The number of hydrogen-bond acceptors (Lipinski definition) is 6. The van der Waals surface area contributed by atoms with Crippen LogP contribution in [0.1, 0.15) is 36.9 Å². The van der Waals surface area contributed by atoms with E-state index in [1.807, 2.05) is 33.9 Å². The molecular formula is C24H28N4O4S. The lowest BCUT2D eigenvalue weighted by atomic mass is 9.75. The predicted molar refractivity (Wildman–Crippen MR) is 122 cm³/mol. The average molecular weight is 469 g/mol. The van der Waals surface area contributed by atoms with Crippen molar-refractivity contribution in [1.29, 1.82) is 0 Å². The molecule has 3 fully saturated rings. The molecule has 3 aliphatic heterocycles. The molecule has 3 aliphatic rings. The zero-order valence-electron chi connectivity index (χ0n) is 18.4. The Morgan fingerprint density at radius 1 is 1.21 bits per heavy atom. The summed E-state index contributed by atoms with van der Waals surface area (Å²) < 4.78 is 5.68. The van der Waals surface area contributed by atoms with E-state index < -0.39 is 11.6 Å². The van der Waals surface area contributed by atoms with Crippen molar-refractivity contribution in [1.82, 2.24) is 20.1 Å². The van der Waals surface area contributed by atoms with Crippen molar-refractivity contribution in [2.75, 3.05) is 26.2 Å². The van der Waals surface area contributed by atoms with E-state index in [-0.39, 0.29) is 30.4 Å². The van der Waals surface area contributed by atoms with Gasteiger partial charge in [-0.05, 0) is 60.2 Å². The van der Waals surface area contributed by atoms with Crippen LogP contribution in [0.25, 0.3) is 0 Å². The number of amides is 4. The van der Waals surface area contributed by atoms with Crippen molar-refractivity contribution in [3.63, 3.8) is 0 Å². The van der Waals surface area contributed by atoms with E-state index in [1.54, 1.807) is 23.6 Å². The summed E-state index contributed by atoms with van der Waals surface area (Å²) in [6.07, 6.45) is 4.95. The molecule has 8 nitrogen and oxygen atoms in total. The Hall–Kier alpha value is -2.78. The summed E-state index contributed by atoms with van der Waals surface area (Å²) in [7, 11) is 0. The second kappa shape index (κ2) is 9.23. The molecule has 0 unspecified atom stereocenters. The number of carbonyl (C=O) groups excluding carboxylic acids is 3. The van der Waals surface area contributed by atoms with Gasteiger partial charge in [0.1, 0.15) is 0 Å². The quantitative estimate of drug-likeness (QED) is 0.658. The van der Waals surface area contributed by atoms with Gasteiger partial charge < -0.3 is 15.0 Å². The SMILES string of the molecule is O=C(Cc1ccsc1)N1CCC([C@@]2(c3ccccn3)NC(=O)N(C[C@H]3CCCO3)C2=O)CC1. The number of hydrogen-bond donors (Lipinski definition) is 1. The first kappa shape index (κ1) is 22.0. The van der Waals surface area contributed by atoms with Gasteiger partial charge in [-0.3, -0.25) is 19.5 Å². The summed E-state index contributed by atoms with van der Waals surface area (Å²) in [4.78, 5) is 47.2. The topological polar surface area (TPSA) is 91.8 Å². The summed E-state index contributed by atoms with van der Waals surface area (Å²) in [6.45, 7) is 2.03. The number of nitrogens with zero attached hydrogens (tertiary/aromatic N) is 3. The number of aromatic nitrogens is 1. The standard InChI is InChI=1S/C24H28N4O4S/c29-21(14-17-8-13-33-16-17)27-10-6-18(7-11-27)24(20-5-1-2-9-25-20)22(30)28(23(31)26-24)15-19-4-3-12-32-19/h1-2,5,8-9,13,16,18-19H,3-4,6-7,10-12,14-15H2,(H,26,31)/t19-,24+/m1/s1. The Balaban J connectivity index is 1.35. The van der Waals surface area contributed by atoms with Gasteiger partial charge in [0.2, 0.25) is 5.91 Å². The van der Waals surface area contributed by atoms with Crippen LogP contribution in [0.2, 0.25) is 0 Å². The van der Waals surface area contributed by atoms with E-state index in [4.69, 9.17) is 4.74 Å². The molecule has 9 heteroatoms. The summed E-state index contributed by atoms with van der Waals surface area (Å²) >= 11 is 1.59. The number of likely N-dealkylation sites (tertiary alicyclic amines) is 1. The third-order valence-corrected chi connectivity index (χ3v) is 7.74. The van der Waals surface area contributed by atoms with Crippen molar-refractivity contribution in [2.45, 2.75) is 43.7 Å². The summed E-state index contributed by atoms with van der Waals surface area (Å²) in [5.41, 5.74) is 0.376. The van der Waals surface area contributed by atoms with Gasteiger partial charge in [0, 0.05) is 31.8 Å². The minimum atomic E-state index is -1.21. The van der Waals surface area contributed by atoms with Gasteiger partial charge in [-0.25, -0.2) is 4.79 Å². The van der Waals surface area contributed by atoms with Gasteiger partial charge in [0.15, 0.2) is 5.54 Å². The average Bonchev–Trinajstić information content (AvgIpc) is 3.59. The first-order valence-electron chi connectivity index (χ1n) is 11.5. The van der Waals surface area contributed by atoms with Crippen LogP contribution >= 0.6 is 11.3 Å². The van der Waals surface area contributed by atoms with Crippen LogP contribution in [0.4, 0.5) is 4.79 Å². The molecule has 4 amide bonds. The van der Waals surface area contributed by atoms with Crippen molar-refractivity contribution >= 4 is 29.2 Å². The van der Waals surface area contributed by atoms with E-state index >= 15 is 0 Å². The second-order valence-corrected chi connectivity index (χ2v) is 9.75. The summed E-state index contributed by atoms with van der Waals surface area (Å²) in [6, 6.07) is 7.03. The molecule has 1 N–H and O–H groups in total. The third-order valence-electron chi connectivity index (χ3n) is 7.01. The molecule has 174 valence electrons. The number of piperidine rings is 1. The highest BCUT2D eigenvalue weighted by Gasteiger charge is 2.58. The Bertz CT molecular complexity index is 1000. The fraction of sp³-hybridized carbons (Fsp3) is 0.500. The van der Waals surface area contributed by atoms with Crippen LogP contribution < -0.4 is 5.32 Å². The first-order valence-corrected chi connectivity index (χ1v) is 12.5. The Kier molecular flexibility index (Phi) is 6.16. The molecule has 0 aliphatic carbocycles. The molecule has 2 aromatic heterocycles. The lowest BCUT2D eigenvalue weighted by molar-refractivity contribution is -0.137. The van der Waals surface area contributed by atoms with Gasteiger partial charge in [-0.15, -0.1) is 0 Å². The Labute approximate surface area is 196 Å². The smallest absolute Gasteiger partial charge is 0.325 e. The molecule has 0 spiro atoms. The number of nitrogens with one attached hydrogen (secondary N) is 1. The monoisotopic (exact) mass is 468 g/mol. The van der Waals surface area contributed by atoms with Crippen LogP contribution in [-0.2, 0) is 26.3 Å². The predicted octanol–water partition coefficient (Wildman–Crippen LogP) is 2.55. The van der Waals surface area contributed by atoms with Gasteiger partial charge in [-0.1, -0.05) is 6.07 Å². The zero-order chi connectivity index (χ0) is 22.8. The molecule has 0 saturated carbocycles. The molecule has 5 rings (SSSR count). The maximum absolute atomic E-state index is 13.8. The minimum Gasteiger partial charge on any atom is -0.376 e. The Morgan fingerprint density at radius 2 is 2.06 bits per heavy atom. The van der Waals surface area contributed by atoms with Crippen molar-refractivity contribution in [3.05, 3.63) is 52.5 Å². The summed E-state index contributed by atoms with van der Waals surface area (Å²) in [5.74, 6) is -0.311. The van der Waals surface area contributed by atoms with E-state index in [0.717, 1.165) is 18.4 Å². The van der Waals surface area contributed by atoms with Crippen LogP contribution in [0, 0.1) is 5.92 Å². The van der Waals surface area contributed by atoms with Gasteiger partial charge >= 0.3 is 6.03 Å². The first-order chi connectivity index (χ1) is 16.1. The molecule has 33 heavy (non-hydrogen) atoms. The number of pyridine rings is 1. The normalized spacial score (nSPS) is 26.1. The van der Waals surface area contributed by atoms with Crippen LogP contribution in [0.5, 0.6) is 0 Å². The van der Waals surface area contributed by atoms with E-state index in [1.165, 1.54) is 4.90 Å². The fourth-order valence-corrected chi connectivity index (χ4v) is 5.92. The maximum atomic E-state index is 13.8. The van der Waals surface area contributed by atoms with Crippen LogP contribution in [-0.4, -0.2) is 65.0 Å². The van der Waals surface area contributed by atoms with Gasteiger partial charge in [-0.2, -0.15) is 11.3 Å². The van der Waals surface area contributed by atoms with Gasteiger partial charge in [0.05, 0.1) is 24.8 Å². The van der Waals surface area contributed by atoms with E-state index in [9.17, 15) is 14.4 Å². The molecule has 2 aromatic rings. The van der Waals surface area contributed by atoms with Crippen LogP contribution in [0.15, 0.2) is 41.2 Å². The zero-order valence-corrected chi connectivity index (χ0v) is 19.3. The molecule has 3 saturated heterocycles. The highest BCUT2D eigenvalue weighted by molar-refractivity contribution is 7.08. The lowest BCUT2D eigenvalue weighted by Crippen LogP contribution is -2.54. The highest BCUT2D eigenvalue weighted by Crippen LogP contribution is 2.41. The van der Waals surface area contributed by atoms with E-state index in [0.29, 0.717) is 44.7 Å². The Morgan fingerprint density at radius 3 is 2.73 bits per heavy atom. The number of imide groups is 1. The van der Waals surface area contributed by atoms with Crippen molar-refractivity contribution in [2.24, 2.45) is 5.92 Å². The number of carbonyl (C=O) groups is 3. The molecule has 0 aromatic carbocycles. The molecule has 0 bridgehead atoms. The second-order valence-electron chi connectivity index (χ2n) is 8.97. The fourth-order valence-electron chi connectivity index (χ4n) is 5.25. The maximum Gasteiger partial charge on any atom is 0.325 e. The largest absolute Gasteiger partial charge is 0.376 e. The van der Waals surface area contributed by atoms with Crippen LogP contribution in [0.3, 0.4) is 0 Å². The van der Waals surface area contributed by atoms with Crippen molar-refractivity contribution in [3.8, 4) is 0 Å². The molecular weight excluding hydrogens is 440 g/mol.